The Kier molecular flexibility index (Phi) is 5.37. The van der Waals surface area contributed by atoms with Crippen molar-refractivity contribution < 1.29 is 9.53 Å². The largest absolute Gasteiger partial charge is 0.377 e. The van der Waals surface area contributed by atoms with E-state index in [0.717, 1.165) is 41.2 Å². The van der Waals surface area contributed by atoms with Gasteiger partial charge in [0.25, 0.3) is 0 Å². The van der Waals surface area contributed by atoms with Crippen molar-refractivity contribution in [1.82, 2.24) is 15.0 Å². The molecule has 0 fully saturated rings. The van der Waals surface area contributed by atoms with E-state index in [-0.39, 0.29) is 0 Å². The summed E-state index contributed by atoms with van der Waals surface area (Å²) in [6.07, 6.45) is 3.42. The monoisotopic (exact) mass is 294 g/mol. The maximum atomic E-state index is 10.2. The van der Waals surface area contributed by atoms with Gasteiger partial charge >= 0.3 is 0 Å². The van der Waals surface area contributed by atoms with Crippen molar-refractivity contribution in [2.24, 2.45) is 0 Å². The van der Waals surface area contributed by atoms with Crippen molar-refractivity contribution in [3.05, 3.63) is 11.5 Å². The summed E-state index contributed by atoms with van der Waals surface area (Å²) in [5.41, 5.74) is 1.64. The van der Waals surface area contributed by atoms with E-state index in [9.17, 15) is 4.79 Å². The molecule has 108 valence electrons. The number of aromatic nitrogens is 3. The van der Waals surface area contributed by atoms with Gasteiger partial charge in [0, 0.05) is 20.1 Å². The molecule has 2 heterocycles. The molecule has 0 aromatic carbocycles. The second-order valence-corrected chi connectivity index (χ2v) is 5.42. The Morgan fingerprint density at radius 1 is 1.30 bits per heavy atom. The number of anilines is 1. The fourth-order valence-corrected chi connectivity index (χ4v) is 2.71. The number of hydrogen-bond acceptors (Lipinski definition) is 7. The summed E-state index contributed by atoms with van der Waals surface area (Å²) in [7, 11) is 1.62. The van der Waals surface area contributed by atoms with Crippen LogP contribution in [0.2, 0.25) is 0 Å². The zero-order chi connectivity index (χ0) is 14.4. The number of ether oxygens (including phenoxy) is 1. The second kappa shape index (κ2) is 7.25. The normalized spacial score (nSPS) is 10.9. The molecule has 0 saturated carbocycles. The van der Waals surface area contributed by atoms with Crippen molar-refractivity contribution in [2.45, 2.75) is 32.8 Å². The molecular weight excluding hydrogens is 276 g/mol. The molecule has 0 aliphatic heterocycles. The highest BCUT2D eigenvalue weighted by molar-refractivity contribution is 7.22. The molecule has 2 aromatic heterocycles. The number of hydrogen-bond donors (Lipinski definition) is 1. The maximum absolute atomic E-state index is 10.2. The fraction of sp³-hybridized carbons (Fsp3) is 0.538. The van der Waals surface area contributed by atoms with Gasteiger partial charge in [-0.15, -0.1) is 0 Å². The average molecular weight is 294 g/mol. The van der Waals surface area contributed by atoms with E-state index in [2.05, 4.69) is 20.3 Å². The Morgan fingerprint density at radius 2 is 2.15 bits per heavy atom. The van der Waals surface area contributed by atoms with Crippen LogP contribution in [0.1, 0.15) is 30.8 Å². The molecule has 2 aromatic rings. The van der Waals surface area contributed by atoms with Crippen molar-refractivity contribution in [2.75, 3.05) is 19.0 Å². The number of nitrogens with one attached hydrogen (secondary N) is 1. The number of fused-ring (bicyclic) bond motifs is 1. The molecule has 6 nitrogen and oxygen atoms in total. The van der Waals surface area contributed by atoms with Crippen LogP contribution >= 0.6 is 11.3 Å². The average Bonchev–Trinajstić information content (AvgIpc) is 2.82. The highest BCUT2D eigenvalue weighted by Crippen LogP contribution is 2.26. The summed E-state index contributed by atoms with van der Waals surface area (Å²) in [5, 5.41) is 4.11. The van der Waals surface area contributed by atoms with E-state index in [1.54, 1.807) is 18.4 Å². The van der Waals surface area contributed by atoms with Crippen molar-refractivity contribution in [1.29, 1.82) is 0 Å². The number of nitrogens with zero attached hydrogens (tertiary/aromatic N) is 3. The Balaban J connectivity index is 2.04. The summed E-state index contributed by atoms with van der Waals surface area (Å²) >= 11 is 1.56. The fourth-order valence-electron chi connectivity index (χ4n) is 1.83. The van der Waals surface area contributed by atoms with Gasteiger partial charge in [-0.25, -0.2) is 15.0 Å². The molecule has 0 unspecified atom stereocenters. The Labute approximate surface area is 121 Å². The Morgan fingerprint density at radius 3 is 2.90 bits per heavy atom. The first kappa shape index (κ1) is 14.8. The van der Waals surface area contributed by atoms with Crippen LogP contribution in [0.15, 0.2) is 0 Å². The lowest BCUT2D eigenvalue weighted by molar-refractivity contribution is -0.107. The van der Waals surface area contributed by atoms with Crippen molar-refractivity contribution in [3.8, 4) is 0 Å². The lowest BCUT2D eigenvalue weighted by Gasteiger charge is -1.99. The Hall–Kier alpha value is -1.60. The van der Waals surface area contributed by atoms with Crippen LogP contribution in [0.4, 0.5) is 5.13 Å². The van der Waals surface area contributed by atoms with Crippen LogP contribution in [-0.2, 0) is 16.1 Å². The first-order valence-corrected chi connectivity index (χ1v) is 7.36. The number of carbonyl (C=O) groups excluding carboxylic acids is 1. The van der Waals surface area contributed by atoms with Gasteiger partial charge in [-0.1, -0.05) is 11.3 Å². The minimum atomic E-state index is 0.392. The van der Waals surface area contributed by atoms with E-state index < -0.39 is 0 Å². The summed E-state index contributed by atoms with van der Waals surface area (Å²) in [6.45, 7) is 3.16. The third-order valence-electron chi connectivity index (χ3n) is 2.77. The van der Waals surface area contributed by atoms with E-state index in [0.29, 0.717) is 24.5 Å². The molecule has 0 saturated heterocycles. The van der Waals surface area contributed by atoms with Gasteiger partial charge in [0.05, 0.1) is 10.4 Å². The smallest absolute Gasteiger partial charge is 0.185 e. The molecule has 2 rings (SSSR count). The maximum Gasteiger partial charge on any atom is 0.185 e. The lowest BCUT2D eigenvalue weighted by Crippen LogP contribution is -2.01. The predicted octanol–water partition coefficient (Wildman–Crippen LogP) is 2.32. The van der Waals surface area contributed by atoms with E-state index in [4.69, 9.17) is 4.74 Å². The van der Waals surface area contributed by atoms with Crippen LogP contribution in [0.3, 0.4) is 0 Å². The van der Waals surface area contributed by atoms with Crippen LogP contribution in [-0.4, -0.2) is 34.9 Å². The molecule has 0 bridgehead atoms. The number of rotatable bonds is 8. The van der Waals surface area contributed by atoms with Crippen LogP contribution in [0.25, 0.3) is 10.3 Å². The molecule has 20 heavy (non-hydrogen) atoms. The molecule has 0 spiro atoms. The van der Waals surface area contributed by atoms with Gasteiger partial charge in [-0.3, -0.25) is 0 Å². The minimum absolute atomic E-state index is 0.392. The second-order valence-electron chi connectivity index (χ2n) is 4.42. The zero-order valence-electron chi connectivity index (χ0n) is 11.7. The summed E-state index contributed by atoms with van der Waals surface area (Å²) in [6, 6.07) is 0. The van der Waals surface area contributed by atoms with Crippen LogP contribution in [0.5, 0.6) is 0 Å². The number of aryl methyl sites for hydroxylation is 1. The SMILES string of the molecule is COCc1nc(C)c2sc(NCCCCC=O)nc2n1. The number of thiazole rings is 1. The minimum Gasteiger partial charge on any atom is -0.377 e. The molecule has 1 N–H and O–H groups in total. The van der Waals surface area contributed by atoms with Crippen LogP contribution in [0, 0.1) is 6.92 Å². The quantitative estimate of drug-likeness (QED) is 0.595. The third-order valence-corrected chi connectivity index (χ3v) is 3.88. The summed E-state index contributed by atoms with van der Waals surface area (Å²) < 4.78 is 6.05. The number of aldehydes is 1. The number of carbonyl (C=O) groups is 1. The summed E-state index contributed by atoms with van der Waals surface area (Å²) in [5.74, 6) is 0.653. The first-order chi connectivity index (χ1) is 9.74. The standard InChI is InChI=1S/C13H18N4O2S/c1-9-11-12(16-10(15-9)8-19-2)17-13(20-11)14-6-4-3-5-7-18/h7H,3-6,8H2,1-2H3,(H,14,15,16,17). The molecule has 7 heteroatoms. The topological polar surface area (TPSA) is 77.0 Å². The van der Waals surface area contributed by atoms with Gasteiger partial charge in [0.1, 0.15) is 12.9 Å². The predicted molar refractivity (Wildman–Crippen MR) is 79.1 cm³/mol. The molecule has 0 radical (unpaired) electrons. The van der Waals surface area contributed by atoms with Gasteiger partial charge < -0.3 is 14.8 Å². The molecule has 0 aliphatic carbocycles. The van der Waals surface area contributed by atoms with Crippen molar-refractivity contribution >= 4 is 33.1 Å². The van der Waals surface area contributed by atoms with Gasteiger partial charge in [0.2, 0.25) is 0 Å². The molecule has 0 amide bonds. The zero-order valence-corrected chi connectivity index (χ0v) is 12.5. The van der Waals surface area contributed by atoms with Crippen molar-refractivity contribution in [3.63, 3.8) is 0 Å². The molecular formula is C13H18N4O2S. The van der Waals surface area contributed by atoms with Gasteiger partial charge in [0.15, 0.2) is 16.6 Å². The lowest BCUT2D eigenvalue weighted by atomic mass is 10.2. The van der Waals surface area contributed by atoms with E-state index in [1.165, 1.54) is 0 Å². The highest BCUT2D eigenvalue weighted by atomic mass is 32.1. The van der Waals surface area contributed by atoms with Crippen LogP contribution < -0.4 is 5.32 Å². The van der Waals surface area contributed by atoms with E-state index >= 15 is 0 Å². The number of unbranched alkanes of at least 4 members (excludes halogenated alkanes) is 2. The number of methoxy groups -OCH3 is 1. The highest BCUT2D eigenvalue weighted by Gasteiger charge is 2.10. The molecule has 0 atom stereocenters. The van der Waals surface area contributed by atoms with Gasteiger partial charge in [-0.05, 0) is 19.8 Å². The summed E-state index contributed by atoms with van der Waals surface area (Å²) in [4.78, 5) is 23.5. The Bertz CT molecular complexity index is 585. The van der Waals surface area contributed by atoms with E-state index in [1.807, 2.05) is 6.92 Å². The first-order valence-electron chi connectivity index (χ1n) is 6.55. The van der Waals surface area contributed by atoms with Gasteiger partial charge in [-0.2, -0.15) is 0 Å². The molecule has 0 aliphatic rings. The third kappa shape index (κ3) is 3.71.